The lowest BCUT2D eigenvalue weighted by Gasteiger charge is -2.16. The summed E-state index contributed by atoms with van der Waals surface area (Å²) in [6.45, 7) is 8.33. The average molecular weight is 217 g/mol. The predicted molar refractivity (Wildman–Crippen MR) is 66.8 cm³/mol. The topological polar surface area (TPSA) is 29.1 Å². The van der Waals surface area contributed by atoms with Gasteiger partial charge in [0.15, 0.2) is 0 Å². The van der Waals surface area contributed by atoms with Gasteiger partial charge in [-0.1, -0.05) is 26.0 Å². The Morgan fingerprint density at radius 1 is 1.38 bits per heavy atom. The number of rotatable bonds is 2. The van der Waals surface area contributed by atoms with Gasteiger partial charge >= 0.3 is 0 Å². The molecular weight excluding hydrogens is 198 g/mol. The summed E-state index contributed by atoms with van der Waals surface area (Å²) in [5.41, 5.74) is 3.03. The third kappa shape index (κ3) is 1.53. The highest BCUT2D eigenvalue weighted by Gasteiger charge is 2.38. The van der Waals surface area contributed by atoms with Gasteiger partial charge in [-0.2, -0.15) is 0 Å². The van der Waals surface area contributed by atoms with Gasteiger partial charge in [0, 0.05) is 5.69 Å². The maximum Gasteiger partial charge on any atom is 0.234 e. The van der Waals surface area contributed by atoms with E-state index in [1.165, 1.54) is 5.56 Å². The number of hydrogen-bond donors (Lipinski definition) is 1. The van der Waals surface area contributed by atoms with Gasteiger partial charge in [-0.05, 0) is 43.4 Å². The van der Waals surface area contributed by atoms with E-state index >= 15 is 0 Å². The summed E-state index contributed by atoms with van der Waals surface area (Å²) in [6.07, 6.45) is 1.12. The van der Waals surface area contributed by atoms with Crippen molar-refractivity contribution in [3.63, 3.8) is 0 Å². The Kier molecular flexibility index (Phi) is 2.53. The molecule has 1 amide bonds. The molecule has 0 fully saturated rings. The minimum Gasteiger partial charge on any atom is -0.325 e. The molecule has 1 N–H and O–H groups in total. The third-order valence-electron chi connectivity index (χ3n) is 3.71. The summed E-state index contributed by atoms with van der Waals surface area (Å²) in [4.78, 5) is 11.8. The number of carbonyl (C=O) groups is 1. The Morgan fingerprint density at radius 3 is 2.69 bits per heavy atom. The molecule has 1 aromatic rings. The molecule has 0 saturated heterocycles. The van der Waals surface area contributed by atoms with Gasteiger partial charge in [-0.15, -0.1) is 0 Å². The lowest BCUT2D eigenvalue weighted by Crippen LogP contribution is -2.26. The van der Waals surface area contributed by atoms with E-state index in [0.29, 0.717) is 5.92 Å². The van der Waals surface area contributed by atoms with Crippen LogP contribution in [0.25, 0.3) is 0 Å². The van der Waals surface area contributed by atoms with Gasteiger partial charge in [0.25, 0.3) is 0 Å². The predicted octanol–water partition coefficient (Wildman–Crippen LogP) is 3.43. The van der Waals surface area contributed by atoms with Gasteiger partial charge in [0.2, 0.25) is 5.91 Å². The van der Waals surface area contributed by atoms with E-state index in [9.17, 15) is 4.79 Å². The molecule has 16 heavy (non-hydrogen) atoms. The van der Waals surface area contributed by atoms with Crippen LogP contribution >= 0.6 is 0 Å². The maximum atomic E-state index is 11.8. The first-order valence-corrected chi connectivity index (χ1v) is 5.92. The van der Waals surface area contributed by atoms with Crippen molar-refractivity contribution in [1.82, 2.24) is 0 Å². The van der Waals surface area contributed by atoms with Gasteiger partial charge in [0.1, 0.15) is 0 Å². The van der Waals surface area contributed by atoms with Crippen LogP contribution in [-0.2, 0) is 10.2 Å². The molecule has 0 spiro atoms. The zero-order chi connectivity index (χ0) is 11.9. The Balaban J connectivity index is 2.44. The fourth-order valence-electron chi connectivity index (χ4n) is 2.15. The molecular formula is C14H19NO. The third-order valence-corrected chi connectivity index (χ3v) is 3.71. The van der Waals surface area contributed by atoms with Crippen molar-refractivity contribution in [3.8, 4) is 0 Å². The second kappa shape index (κ2) is 3.62. The van der Waals surface area contributed by atoms with Crippen LogP contribution in [0.1, 0.15) is 51.2 Å². The molecule has 2 nitrogen and oxygen atoms in total. The number of fused-ring (bicyclic) bond motifs is 1. The van der Waals surface area contributed by atoms with Crippen LogP contribution < -0.4 is 5.32 Å². The molecule has 1 heterocycles. The number of benzene rings is 1. The summed E-state index contributed by atoms with van der Waals surface area (Å²) < 4.78 is 0. The number of carbonyl (C=O) groups excluding carboxylic acids is 1. The summed E-state index contributed by atoms with van der Waals surface area (Å²) in [7, 11) is 0. The fraction of sp³-hybridized carbons (Fsp3) is 0.500. The van der Waals surface area contributed by atoms with Crippen LogP contribution in [0.15, 0.2) is 18.2 Å². The van der Waals surface area contributed by atoms with E-state index in [1.807, 2.05) is 13.8 Å². The second-order valence-corrected chi connectivity index (χ2v) is 5.19. The lowest BCUT2D eigenvalue weighted by atomic mass is 9.85. The number of hydrogen-bond acceptors (Lipinski definition) is 1. The van der Waals surface area contributed by atoms with Crippen molar-refractivity contribution in [2.75, 3.05) is 5.32 Å². The lowest BCUT2D eigenvalue weighted by molar-refractivity contribution is -0.119. The summed E-state index contributed by atoms with van der Waals surface area (Å²) >= 11 is 0. The molecule has 2 heteroatoms. The van der Waals surface area contributed by atoms with Gasteiger partial charge in [-0.25, -0.2) is 0 Å². The van der Waals surface area contributed by atoms with E-state index in [-0.39, 0.29) is 11.3 Å². The second-order valence-electron chi connectivity index (χ2n) is 5.19. The molecule has 0 bridgehead atoms. The highest BCUT2D eigenvalue weighted by molar-refractivity contribution is 6.05. The summed E-state index contributed by atoms with van der Waals surface area (Å²) in [6, 6.07) is 6.36. The monoisotopic (exact) mass is 217 g/mol. The van der Waals surface area contributed by atoms with E-state index in [4.69, 9.17) is 0 Å². The quantitative estimate of drug-likeness (QED) is 0.808. The van der Waals surface area contributed by atoms with Crippen molar-refractivity contribution in [1.29, 1.82) is 0 Å². The van der Waals surface area contributed by atoms with Crippen LogP contribution in [0.4, 0.5) is 5.69 Å². The molecule has 0 radical (unpaired) electrons. The molecule has 1 aliphatic heterocycles. The molecule has 1 atom stereocenters. The van der Waals surface area contributed by atoms with Crippen molar-refractivity contribution in [3.05, 3.63) is 29.3 Å². The van der Waals surface area contributed by atoms with E-state index in [2.05, 4.69) is 37.4 Å². The van der Waals surface area contributed by atoms with Crippen LogP contribution in [0, 0.1) is 0 Å². The smallest absolute Gasteiger partial charge is 0.234 e. The van der Waals surface area contributed by atoms with Crippen molar-refractivity contribution in [2.24, 2.45) is 0 Å². The zero-order valence-corrected chi connectivity index (χ0v) is 10.4. The highest BCUT2D eigenvalue weighted by atomic mass is 16.2. The number of amides is 1. The summed E-state index contributed by atoms with van der Waals surface area (Å²) in [5.74, 6) is 0.648. The van der Waals surface area contributed by atoms with E-state index in [0.717, 1.165) is 17.7 Å². The largest absolute Gasteiger partial charge is 0.325 e. The first-order valence-electron chi connectivity index (χ1n) is 5.92. The molecule has 0 aromatic heterocycles. The van der Waals surface area contributed by atoms with Crippen molar-refractivity contribution in [2.45, 2.75) is 45.4 Å². The summed E-state index contributed by atoms with van der Waals surface area (Å²) in [5, 5.41) is 2.97. The van der Waals surface area contributed by atoms with E-state index < -0.39 is 0 Å². The standard InChI is InChI=1S/C14H19NO/c1-5-9(2)10-6-7-11-12(8-10)15-13(16)14(11,3)4/h6-9H,5H2,1-4H3,(H,15,16). The Labute approximate surface area is 97.1 Å². The molecule has 1 aromatic carbocycles. The van der Waals surface area contributed by atoms with E-state index in [1.54, 1.807) is 0 Å². The fourth-order valence-corrected chi connectivity index (χ4v) is 2.15. The maximum absolute atomic E-state index is 11.8. The SMILES string of the molecule is CCC(C)c1ccc2c(c1)NC(=O)C2(C)C. The van der Waals surface area contributed by atoms with Crippen LogP contribution in [0.3, 0.4) is 0 Å². The normalized spacial score (nSPS) is 19.1. The molecule has 1 unspecified atom stereocenters. The Hall–Kier alpha value is -1.31. The van der Waals surface area contributed by atoms with Gasteiger partial charge in [0.05, 0.1) is 5.41 Å². The van der Waals surface area contributed by atoms with Crippen molar-refractivity contribution < 1.29 is 4.79 Å². The van der Waals surface area contributed by atoms with Crippen LogP contribution in [0.2, 0.25) is 0 Å². The molecule has 1 aliphatic rings. The molecule has 2 rings (SSSR count). The van der Waals surface area contributed by atoms with Gasteiger partial charge in [-0.3, -0.25) is 4.79 Å². The first-order chi connectivity index (χ1) is 7.46. The Morgan fingerprint density at radius 2 is 2.06 bits per heavy atom. The minimum absolute atomic E-state index is 0.101. The molecule has 0 aliphatic carbocycles. The average Bonchev–Trinajstić information content (AvgIpc) is 2.48. The molecule has 0 saturated carbocycles. The highest BCUT2D eigenvalue weighted by Crippen LogP contribution is 2.38. The van der Waals surface area contributed by atoms with Crippen molar-refractivity contribution >= 4 is 11.6 Å². The number of nitrogens with one attached hydrogen (secondary N) is 1. The first kappa shape index (κ1) is 11.2. The van der Waals surface area contributed by atoms with Crippen LogP contribution in [-0.4, -0.2) is 5.91 Å². The van der Waals surface area contributed by atoms with Crippen LogP contribution in [0.5, 0.6) is 0 Å². The molecule has 86 valence electrons. The zero-order valence-electron chi connectivity index (χ0n) is 10.4. The minimum atomic E-state index is -0.386. The number of anilines is 1. The van der Waals surface area contributed by atoms with Gasteiger partial charge < -0.3 is 5.32 Å². The Bertz CT molecular complexity index is 434.